The molecule has 11 heteroatoms. The Labute approximate surface area is 369 Å². The summed E-state index contributed by atoms with van der Waals surface area (Å²) >= 11 is 5.85. The van der Waals surface area contributed by atoms with Crippen LogP contribution >= 0.6 is 35.3 Å². The van der Waals surface area contributed by atoms with E-state index in [1.165, 1.54) is 172 Å². The highest BCUT2D eigenvalue weighted by atomic mass is 32.2. The molecule has 8 nitrogen and oxygen atoms in total. The third kappa shape index (κ3) is 13.8. The van der Waals surface area contributed by atoms with Gasteiger partial charge in [-0.15, -0.1) is 35.3 Å². The van der Waals surface area contributed by atoms with E-state index < -0.39 is 0 Å². The Morgan fingerprint density at radius 1 is 0.317 bits per heavy atom. The molecule has 12 rings (SSSR count). The highest BCUT2D eigenvalue weighted by Gasteiger charge is 2.11. The van der Waals surface area contributed by atoms with Crippen LogP contribution in [0.4, 0.5) is 11.4 Å². The minimum absolute atomic E-state index is 1.11. The van der Waals surface area contributed by atoms with E-state index in [2.05, 4.69) is 70.9 Å². The van der Waals surface area contributed by atoms with Crippen molar-refractivity contribution < 1.29 is 0 Å². The number of hydrogen-bond donors (Lipinski definition) is 2. The lowest BCUT2D eigenvalue weighted by molar-refractivity contribution is 0.784. The molecule has 0 bridgehead atoms. The minimum atomic E-state index is 1.11. The second kappa shape index (κ2) is 24.7. The van der Waals surface area contributed by atoms with Gasteiger partial charge in [0.05, 0.1) is 0 Å². The molecule has 312 valence electrons. The number of nitrogens with zero attached hydrogens (tertiary/aromatic N) is 6. The quantitative estimate of drug-likeness (QED) is 0.153. The third-order valence-electron chi connectivity index (χ3n) is 11.0. The number of hydrogen-bond acceptors (Lipinski definition) is 11. The summed E-state index contributed by atoms with van der Waals surface area (Å²) in [5, 5.41) is 6.71. The van der Waals surface area contributed by atoms with Gasteiger partial charge in [-0.2, -0.15) is 0 Å². The van der Waals surface area contributed by atoms with Crippen molar-refractivity contribution in [1.29, 1.82) is 0 Å². The Hall–Kier alpha value is -4.45. The molecule has 0 amide bonds. The van der Waals surface area contributed by atoms with Crippen LogP contribution in [0.3, 0.4) is 0 Å². The predicted molar refractivity (Wildman–Crippen MR) is 253 cm³/mol. The van der Waals surface area contributed by atoms with E-state index in [4.69, 9.17) is 0 Å². The summed E-state index contributed by atoms with van der Waals surface area (Å²) in [6.45, 7) is 2.22. The largest absolute Gasteiger partial charge is 0.385 e. The van der Waals surface area contributed by atoms with Gasteiger partial charge in [-0.3, -0.25) is 29.9 Å². The number of rotatable bonds is 0. The van der Waals surface area contributed by atoms with E-state index in [1.54, 1.807) is 0 Å². The van der Waals surface area contributed by atoms with Crippen LogP contribution in [-0.4, -0.2) is 60.3 Å². The van der Waals surface area contributed by atoms with Crippen LogP contribution in [-0.2, 0) is 44.9 Å². The maximum atomic E-state index is 4.13. The first-order chi connectivity index (χ1) is 29.8. The molecular weight excluding hydrogens is 797 g/mol. The monoisotopic (exact) mass is 854 g/mol. The van der Waals surface area contributed by atoms with Gasteiger partial charge in [0.25, 0.3) is 0 Å². The normalized spacial score (nSPS) is 16.1. The van der Waals surface area contributed by atoms with E-state index in [0.717, 1.165) is 13.1 Å². The fourth-order valence-electron chi connectivity index (χ4n) is 7.70. The number of pyridine rings is 6. The van der Waals surface area contributed by atoms with Crippen molar-refractivity contribution in [3.8, 4) is 0 Å². The first-order valence-corrected chi connectivity index (χ1v) is 24.7. The van der Waals surface area contributed by atoms with Gasteiger partial charge in [0, 0.05) is 119 Å². The van der Waals surface area contributed by atoms with E-state index in [0.29, 0.717) is 0 Å². The highest BCUT2D eigenvalue weighted by Crippen LogP contribution is 2.30. The van der Waals surface area contributed by atoms with E-state index in [9.17, 15) is 0 Å². The lowest BCUT2D eigenvalue weighted by Crippen LogP contribution is -2.11. The van der Waals surface area contributed by atoms with E-state index >= 15 is 0 Å². The molecule has 2 N–H and O–H groups in total. The second-order valence-corrected chi connectivity index (χ2v) is 18.7. The molecule has 6 aliphatic rings. The van der Waals surface area contributed by atoms with E-state index in [1.807, 2.05) is 116 Å². The summed E-state index contributed by atoms with van der Waals surface area (Å²) in [5.74, 6) is 3.79. The summed E-state index contributed by atoms with van der Waals surface area (Å²) < 4.78 is 0. The number of nitrogens with one attached hydrogen (secondary N) is 2. The third-order valence-corrected chi connectivity index (χ3v) is 14.5. The van der Waals surface area contributed by atoms with Gasteiger partial charge in [-0.1, -0.05) is 0 Å². The Bertz CT molecular complexity index is 1900. The molecule has 0 saturated heterocycles. The summed E-state index contributed by atoms with van der Waals surface area (Å²) in [5.41, 5.74) is 12.5. The standard InChI is InChI=1S/C9H12N2.C9H11NS.C8H10N2.C8H9NS.C8H9N.C7H7NS/c1-2-5-11-9-4-6-10-7-8(9)3-1;1-2-6-11-9-4-5-10-7-8(9)3-1;1-2-7-6-9-5-3-8(7)10-4-1;1-2-7-6-9-4-3-8(7)10-5-1;1-2-7-4-5-9-6-8(7)3-1;1-3-8-5-6-2-4-9-7(1)6/h4,6-7,11H,1-3,5H2;4-5,7H,1-3,6H2;3,5-6,10H,1-2,4H2;3-4,6H,1-2,5H2;4-6H,1-3H2;1,3,5H,2,4H2. The van der Waals surface area contributed by atoms with Crippen LogP contribution < -0.4 is 10.6 Å². The van der Waals surface area contributed by atoms with Gasteiger partial charge in [-0.25, -0.2) is 0 Å². The SMILES string of the molecule is c1cc2c(cn1)CCC2.c1cc2c(cn1)CCCCN2.c1cc2c(cn1)CCCCS2.c1cc2c(cn1)CCCN2.c1cc2c(cn1)CCCS2.c1cc2c(cn1)CCS2. The molecule has 5 aliphatic heterocycles. The zero-order chi connectivity index (χ0) is 40.9. The van der Waals surface area contributed by atoms with Crippen molar-refractivity contribution in [1.82, 2.24) is 29.9 Å². The summed E-state index contributed by atoms with van der Waals surface area (Å²) in [7, 11) is 0. The fraction of sp³-hybridized carbons (Fsp3) is 0.388. The maximum Gasteiger partial charge on any atom is 0.0403 e. The zero-order valence-corrected chi connectivity index (χ0v) is 37.2. The number of thioether (sulfide) groups is 3. The van der Waals surface area contributed by atoms with Crippen LogP contribution in [0.15, 0.2) is 125 Å². The zero-order valence-electron chi connectivity index (χ0n) is 34.7. The molecule has 0 radical (unpaired) electrons. The number of aromatic nitrogens is 6. The van der Waals surface area contributed by atoms with Crippen molar-refractivity contribution in [2.24, 2.45) is 0 Å². The number of fused-ring (bicyclic) bond motifs is 6. The van der Waals surface area contributed by atoms with Gasteiger partial charge < -0.3 is 10.6 Å². The Balaban J connectivity index is 0.000000109. The van der Waals surface area contributed by atoms with Gasteiger partial charge in [0.1, 0.15) is 0 Å². The first kappa shape index (κ1) is 43.6. The molecule has 6 aromatic rings. The van der Waals surface area contributed by atoms with Crippen molar-refractivity contribution in [2.45, 2.75) is 105 Å². The summed E-state index contributed by atoms with van der Waals surface area (Å²) in [6, 6.07) is 12.6. The van der Waals surface area contributed by atoms with E-state index in [-0.39, 0.29) is 0 Å². The van der Waals surface area contributed by atoms with Gasteiger partial charge >= 0.3 is 0 Å². The molecule has 0 saturated carbocycles. The summed E-state index contributed by atoms with van der Waals surface area (Å²) in [6.07, 6.45) is 40.6. The lowest BCUT2D eigenvalue weighted by Gasteiger charge is -2.16. The highest BCUT2D eigenvalue weighted by molar-refractivity contribution is 8.00. The molecule has 0 atom stereocenters. The Morgan fingerprint density at radius 3 is 1.37 bits per heavy atom. The smallest absolute Gasteiger partial charge is 0.0403 e. The average molecular weight is 855 g/mol. The number of aryl methyl sites for hydroxylation is 7. The Kier molecular flexibility index (Phi) is 18.0. The minimum Gasteiger partial charge on any atom is -0.385 e. The molecule has 0 spiro atoms. The van der Waals surface area contributed by atoms with Crippen LogP contribution in [0.5, 0.6) is 0 Å². The fourth-order valence-corrected chi connectivity index (χ4v) is 10.8. The molecule has 1 aliphatic carbocycles. The lowest BCUT2D eigenvalue weighted by atomic mass is 10.1. The first-order valence-electron chi connectivity index (χ1n) is 21.7. The molecule has 6 aromatic heterocycles. The van der Waals surface area contributed by atoms with Gasteiger partial charge in [-0.05, 0) is 177 Å². The van der Waals surface area contributed by atoms with Gasteiger partial charge in [0.2, 0.25) is 0 Å². The van der Waals surface area contributed by atoms with Crippen LogP contribution in [0.25, 0.3) is 0 Å². The predicted octanol–water partition coefficient (Wildman–Crippen LogP) is 11.2. The van der Waals surface area contributed by atoms with Crippen molar-refractivity contribution >= 4 is 46.7 Å². The molecule has 11 heterocycles. The average Bonchev–Trinajstić information content (AvgIpc) is 3.87. The van der Waals surface area contributed by atoms with Crippen LogP contribution in [0.2, 0.25) is 0 Å². The molecule has 60 heavy (non-hydrogen) atoms. The molecular formula is C49H58N8S3. The van der Waals surface area contributed by atoms with Crippen molar-refractivity contribution in [3.05, 3.63) is 150 Å². The van der Waals surface area contributed by atoms with Crippen molar-refractivity contribution in [2.75, 3.05) is 41.0 Å². The number of anilines is 2. The summed E-state index contributed by atoms with van der Waals surface area (Å²) in [4.78, 5) is 28.8. The second-order valence-electron chi connectivity index (χ2n) is 15.3. The molecule has 0 fully saturated rings. The van der Waals surface area contributed by atoms with Crippen LogP contribution in [0, 0.1) is 0 Å². The maximum absolute atomic E-state index is 4.13. The van der Waals surface area contributed by atoms with Crippen molar-refractivity contribution in [3.63, 3.8) is 0 Å². The van der Waals surface area contributed by atoms with Crippen LogP contribution in [0.1, 0.15) is 83.9 Å². The topological polar surface area (TPSA) is 101 Å². The molecule has 0 unspecified atom stereocenters. The van der Waals surface area contributed by atoms with Gasteiger partial charge in [0.15, 0.2) is 0 Å². The molecule has 0 aromatic carbocycles. The Morgan fingerprint density at radius 2 is 0.733 bits per heavy atom.